The van der Waals surface area contributed by atoms with Crippen LogP contribution < -0.4 is 5.32 Å². The van der Waals surface area contributed by atoms with Crippen LogP contribution in [0.3, 0.4) is 0 Å². The molecule has 0 atom stereocenters. The summed E-state index contributed by atoms with van der Waals surface area (Å²) in [5, 5.41) is 3.78. The van der Waals surface area contributed by atoms with Crippen LogP contribution in [-0.2, 0) is 4.74 Å². The number of aliphatic imine (C=N–C) groups is 1. The number of amides is 1. The molecule has 26 heavy (non-hydrogen) atoms. The molecule has 2 saturated carbocycles. The number of hydrogen-bond donors (Lipinski definition) is 1. The average Bonchev–Trinajstić information content (AvgIpc) is 2.69. The Hall–Kier alpha value is -1.46. The first-order valence-electron chi connectivity index (χ1n) is 10.8. The van der Waals surface area contributed by atoms with Crippen LogP contribution in [0.1, 0.15) is 71.1 Å². The fraction of sp³-hybridized carbons (Fsp3) is 0.900. The zero-order valence-corrected chi connectivity index (χ0v) is 16.4. The standard InChI is InChI=1S/C20H36N4O2/c1-2-26-20(25)24-15-13-23(14-16-24)19(21-17-9-5-3-6-10-17)22-18-11-7-4-8-12-18/h17-18H,2-16H2,1H3,(H,21,22). The van der Waals surface area contributed by atoms with Crippen LogP contribution in [0.25, 0.3) is 0 Å². The Morgan fingerprint density at radius 1 is 0.923 bits per heavy atom. The lowest BCUT2D eigenvalue weighted by Gasteiger charge is -2.38. The van der Waals surface area contributed by atoms with Gasteiger partial charge in [-0.2, -0.15) is 0 Å². The van der Waals surface area contributed by atoms with E-state index in [2.05, 4.69) is 10.2 Å². The number of nitrogens with one attached hydrogen (secondary N) is 1. The highest BCUT2D eigenvalue weighted by atomic mass is 16.6. The van der Waals surface area contributed by atoms with Crippen LogP contribution in [0.4, 0.5) is 4.79 Å². The van der Waals surface area contributed by atoms with Gasteiger partial charge < -0.3 is 19.9 Å². The van der Waals surface area contributed by atoms with Crippen LogP contribution >= 0.6 is 0 Å². The Balaban J connectivity index is 1.61. The molecule has 1 N–H and O–H groups in total. The highest BCUT2D eigenvalue weighted by Crippen LogP contribution is 2.22. The average molecular weight is 365 g/mol. The lowest BCUT2D eigenvalue weighted by Crippen LogP contribution is -2.55. The van der Waals surface area contributed by atoms with Crippen molar-refractivity contribution < 1.29 is 9.53 Å². The quantitative estimate of drug-likeness (QED) is 0.616. The lowest BCUT2D eigenvalue weighted by molar-refractivity contribution is 0.0911. The van der Waals surface area contributed by atoms with E-state index in [1.54, 1.807) is 0 Å². The van der Waals surface area contributed by atoms with Gasteiger partial charge >= 0.3 is 6.09 Å². The van der Waals surface area contributed by atoms with Gasteiger partial charge in [-0.3, -0.25) is 0 Å². The van der Waals surface area contributed by atoms with Crippen molar-refractivity contribution in [2.45, 2.75) is 83.2 Å². The van der Waals surface area contributed by atoms with Gasteiger partial charge in [0.05, 0.1) is 12.6 Å². The molecule has 6 nitrogen and oxygen atoms in total. The molecule has 1 saturated heterocycles. The molecule has 0 aromatic rings. The van der Waals surface area contributed by atoms with Crippen LogP contribution in [-0.4, -0.2) is 66.7 Å². The summed E-state index contributed by atoms with van der Waals surface area (Å²) in [6, 6.07) is 1.03. The van der Waals surface area contributed by atoms with Gasteiger partial charge in [-0.25, -0.2) is 9.79 Å². The second-order valence-electron chi connectivity index (χ2n) is 7.90. The van der Waals surface area contributed by atoms with Crippen molar-refractivity contribution in [2.75, 3.05) is 32.8 Å². The normalized spacial score (nSPS) is 23.8. The molecule has 1 heterocycles. The first-order chi connectivity index (χ1) is 12.8. The number of nitrogens with zero attached hydrogens (tertiary/aromatic N) is 3. The Morgan fingerprint density at radius 2 is 1.50 bits per heavy atom. The minimum absolute atomic E-state index is 0.182. The van der Waals surface area contributed by atoms with E-state index in [9.17, 15) is 4.79 Å². The molecule has 0 aromatic heterocycles. The summed E-state index contributed by atoms with van der Waals surface area (Å²) in [4.78, 5) is 21.3. The van der Waals surface area contributed by atoms with Crippen LogP contribution in [0.15, 0.2) is 4.99 Å². The molecule has 3 aliphatic rings. The van der Waals surface area contributed by atoms with E-state index < -0.39 is 0 Å². The maximum atomic E-state index is 11.9. The molecule has 148 valence electrons. The van der Waals surface area contributed by atoms with Gasteiger partial charge in [0.1, 0.15) is 0 Å². The zero-order valence-electron chi connectivity index (χ0n) is 16.4. The summed E-state index contributed by atoms with van der Waals surface area (Å²) < 4.78 is 5.14. The lowest BCUT2D eigenvalue weighted by atomic mass is 9.95. The molecule has 2 aliphatic carbocycles. The summed E-state index contributed by atoms with van der Waals surface area (Å²) >= 11 is 0. The number of rotatable bonds is 3. The minimum atomic E-state index is -0.182. The van der Waals surface area contributed by atoms with E-state index in [1.165, 1.54) is 64.2 Å². The third-order valence-corrected chi connectivity index (χ3v) is 5.92. The molecule has 3 rings (SSSR count). The van der Waals surface area contributed by atoms with Crippen LogP contribution in [0, 0.1) is 0 Å². The topological polar surface area (TPSA) is 57.2 Å². The summed E-state index contributed by atoms with van der Waals surface area (Å²) in [5.41, 5.74) is 0. The van der Waals surface area contributed by atoms with E-state index in [1.807, 2.05) is 11.8 Å². The van der Waals surface area contributed by atoms with Gasteiger partial charge in [0.25, 0.3) is 0 Å². The van der Waals surface area contributed by atoms with Crippen LogP contribution in [0.5, 0.6) is 0 Å². The van der Waals surface area contributed by atoms with Crippen molar-refractivity contribution in [3.63, 3.8) is 0 Å². The monoisotopic (exact) mass is 364 g/mol. The predicted molar refractivity (Wildman–Crippen MR) is 104 cm³/mol. The fourth-order valence-electron chi connectivity index (χ4n) is 4.34. The van der Waals surface area contributed by atoms with Crippen LogP contribution in [0.2, 0.25) is 0 Å². The maximum Gasteiger partial charge on any atom is 0.409 e. The summed E-state index contributed by atoms with van der Waals surface area (Å²) in [5.74, 6) is 1.09. The molecular formula is C20H36N4O2. The second-order valence-corrected chi connectivity index (χ2v) is 7.90. The van der Waals surface area contributed by atoms with Gasteiger partial charge in [0, 0.05) is 32.2 Å². The van der Waals surface area contributed by atoms with E-state index in [0.717, 1.165) is 32.1 Å². The molecule has 1 aliphatic heterocycles. The van der Waals surface area contributed by atoms with E-state index in [0.29, 0.717) is 18.7 Å². The Morgan fingerprint density at radius 3 is 2.12 bits per heavy atom. The minimum Gasteiger partial charge on any atom is -0.450 e. The summed E-state index contributed by atoms with van der Waals surface area (Å²) in [6.45, 7) is 5.41. The first-order valence-corrected chi connectivity index (χ1v) is 10.8. The second kappa shape index (κ2) is 10.0. The van der Waals surface area contributed by atoms with E-state index in [4.69, 9.17) is 9.73 Å². The number of ether oxygens (including phenoxy) is 1. The van der Waals surface area contributed by atoms with Crippen molar-refractivity contribution in [3.8, 4) is 0 Å². The van der Waals surface area contributed by atoms with Crippen molar-refractivity contribution in [1.82, 2.24) is 15.1 Å². The fourth-order valence-corrected chi connectivity index (χ4v) is 4.34. The molecule has 0 spiro atoms. The molecule has 0 radical (unpaired) electrons. The molecule has 0 aromatic carbocycles. The molecule has 1 amide bonds. The zero-order chi connectivity index (χ0) is 18.2. The molecule has 6 heteroatoms. The van der Waals surface area contributed by atoms with E-state index in [-0.39, 0.29) is 6.09 Å². The third kappa shape index (κ3) is 5.52. The van der Waals surface area contributed by atoms with Gasteiger partial charge in [0.15, 0.2) is 5.96 Å². The number of carbonyl (C=O) groups is 1. The van der Waals surface area contributed by atoms with Gasteiger partial charge in [-0.05, 0) is 32.6 Å². The first kappa shape index (κ1) is 19.3. The summed E-state index contributed by atoms with van der Waals surface area (Å²) in [7, 11) is 0. The van der Waals surface area contributed by atoms with Crippen molar-refractivity contribution in [1.29, 1.82) is 0 Å². The third-order valence-electron chi connectivity index (χ3n) is 5.92. The van der Waals surface area contributed by atoms with Gasteiger partial charge in [0.2, 0.25) is 0 Å². The largest absolute Gasteiger partial charge is 0.450 e. The molecule has 3 fully saturated rings. The smallest absolute Gasteiger partial charge is 0.409 e. The highest BCUT2D eigenvalue weighted by molar-refractivity contribution is 5.81. The maximum absolute atomic E-state index is 11.9. The number of guanidine groups is 1. The molecule has 0 unspecified atom stereocenters. The van der Waals surface area contributed by atoms with E-state index >= 15 is 0 Å². The molecule has 0 bridgehead atoms. The highest BCUT2D eigenvalue weighted by Gasteiger charge is 2.26. The summed E-state index contributed by atoms with van der Waals surface area (Å²) in [6.07, 6.45) is 12.8. The van der Waals surface area contributed by atoms with Crippen molar-refractivity contribution in [2.24, 2.45) is 4.99 Å². The number of carbonyl (C=O) groups excluding carboxylic acids is 1. The molecular weight excluding hydrogens is 328 g/mol. The Kier molecular flexibility index (Phi) is 7.44. The predicted octanol–water partition coefficient (Wildman–Crippen LogP) is 3.37. The Bertz CT molecular complexity index is 462. The van der Waals surface area contributed by atoms with Crippen molar-refractivity contribution >= 4 is 12.1 Å². The van der Waals surface area contributed by atoms with Gasteiger partial charge in [-0.15, -0.1) is 0 Å². The van der Waals surface area contributed by atoms with Gasteiger partial charge in [-0.1, -0.05) is 38.5 Å². The SMILES string of the molecule is CCOC(=O)N1CCN(C(=NC2CCCCC2)NC2CCCCC2)CC1. The number of piperazine rings is 1. The Labute approximate surface area is 158 Å². The van der Waals surface area contributed by atoms with Crippen molar-refractivity contribution in [3.05, 3.63) is 0 Å². The number of hydrogen-bond acceptors (Lipinski definition) is 3.